The van der Waals surface area contributed by atoms with Gasteiger partial charge in [-0.3, -0.25) is 4.68 Å². The molecule has 0 atom stereocenters. The Morgan fingerprint density at radius 3 is 2.41 bits per heavy atom. The zero-order valence-corrected chi connectivity index (χ0v) is 10.2. The van der Waals surface area contributed by atoms with Crippen molar-refractivity contribution < 1.29 is 13.2 Å². The third-order valence-electron chi connectivity index (χ3n) is 2.57. The molecule has 0 unspecified atom stereocenters. The van der Waals surface area contributed by atoms with Crippen molar-refractivity contribution in [3.8, 4) is 0 Å². The minimum Gasteiger partial charge on any atom is -0.348 e. The van der Waals surface area contributed by atoms with Gasteiger partial charge in [0, 0.05) is 25.7 Å². The highest BCUT2D eigenvalue weighted by molar-refractivity contribution is 5.50. The number of aryl methyl sites for hydroxylation is 2. The average Bonchev–Trinajstić information content (AvgIpc) is 2.48. The molecule has 0 radical (unpaired) electrons. The van der Waals surface area contributed by atoms with Crippen LogP contribution in [0, 0.1) is 6.92 Å². The van der Waals surface area contributed by atoms with Gasteiger partial charge in [0.1, 0.15) is 12.4 Å². The van der Waals surface area contributed by atoms with E-state index in [9.17, 15) is 13.2 Å². The van der Waals surface area contributed by atoms with E-state index in [4.69, 9.17) is 5.73 Å². The Morgan fingerprint density at radius 2 is 2.00 bits per heavy atom. The summed E-state index contributed by atoms with van der Waals surface area (Å²) < 4.78 is 38.8. The van der Waals surface area contributed by atoms with Crippen LogP contribution >= 0.6 is 0 Å². The molecule has 0 aromatic carbocycles. The highest BCUT2D eigenvalue weighted by Gasteiger charge is 2.32. The van der Waals surface area contributed by atoms with E-state index in [1.165, 1.54) is 9.58 Å². The first kappa shape index (κ1) is 13.8. The molecule has 0 saturated heterocycles. The van der Waals surface area contributed by atoms with E-state index in [0.29, 0.717) is 17.1 Å². The van der Waals surface area contributed by atoms with Gasteiger partial charge >= 0.3 is 6.18 Å². The predicted octanol–water partition coefficient (Wildman–Crippen LogP) is 1.58. The topological polar surface area (TPSA) is 47.1 Å². The second kappa shape index (κ2) is 4.95. The standard InChI is InChI=1S/C10H17F3N4/c1-4-17(6-10(11,12)13)9-8(5-14)7(2)15-16(9)3/h4-6,14H2,1-3H3. The number of hydrogen-bond acceptors (Lipinski definition) is 3. The second-order valence-electron chi connectivity index (χ2n) is 3.84. The third-order valence-corrected chi connectivity index (χ3v) is 2.57. The summed E-state index contributed by atoms with van der Waals surface area (Å²) in [6.45, 7) is 2.87. The number of alkyl halides is 3. The number of hydrogen-bond donors (Lipinski definition) is 1. The van der Waals surface area contributed by atoms with Crippen LogP contribution in [0.2, 0.25) is 0 Å². The first-order valence-electron chi connectivity index (χ1n) is 5.34. The molecular weight excluding hydrogens is 233 g/mol. The fraction of sp³-hybridized carbons (Fsp3) is 0.700. The van der Waals surface area contributed by atoms with Crippen molar-refractivity contribution in [1.29, 1.82) is 0 Å². The van der Waals surface area contributed by atoms with Gasteiger partial charge in [0.15, 0.2) is 0 Å². The fourth-order valence-corrected chi connectivity index (χ4v) is 1.88. The summed E-state index contributed by atoms with van der Waals surface area (Å²) in [5.74, 6) is 0.449. The van der Waals surface area contributed by atoms with Crippen molar-refractivity contribution in [2.75, 3.05) is 18.0 Å². The van der Waals surface area contributed by atoms with Crippen LogP contribution in [0.4, 0.5) is 19.0 Å². The molecular formula is C10H17F3N4. The first-order chi connectivity index (χ1) is 7.80. The Labute approximate surface area is 98.2 Å². The van der Waals surface area contributed by atoms with Crippen LogP contribution in [-0.2, 0) is 13.6 Å². The van der Waals surface area contributed by atoms with Gasteiger partial charge in [0.25, 0.3) is 0 Å². The molecule has 0 spiro atoms. The second-order valence-corrected chi connectivity index (χ2v) is 3.84. The Kier molecular flexibility index (Phi) is 4.03. The molecule has 4 nitrogen and oxygen atoms in total. The lowest BCUT2D eigenvalue weighted by Crippen LogP contribution is -2.36. The molecule has 0 bridgehead atoms. The summed E-state index contributed by atoms with van der Waals surface area (Å²) in [6.07, 6.45) is -4.24. The van der Waals surface area contributed by atoms with Crippen LogP contribution in [0.15, 0.2) is 0 Å². The van der Waals surface area contributed by atoms with Crippen molar-refractivity contribution in [3.05, 3.63) is 11.3 Å². The maximum absolute atomic E-state index is 12.4. The van der Waals surface area contributed by atoms with E-state index in [1.54, 1.807) is 20.9 Å². The van der Waals surface area contributed by atoms with E-state index in [1.807, 2.05) is 0 Å². The largest absolute Gasteiger partial charge is 0.405 e. The molecule has 0 fully saturated rings. The van der Waals surface area contributed by atoms with Crippen molar-refractivity contribution in [2.24, 2.45) is 12.8 Å². The minimum atomic E-state index is -4.24. The third kappa shape index (κ3) is 3.12. The molecule has 0 saturated carbocycles. The maximum atomic E-state index is 12.4. The Balaban J connectivity index is 3.11. The summed E-state index contributed by atoms with van der Waals surface area (Å²) in [7, 11) is 1.63. The van der Waals surface area contributed by atoms with E-state index >= 15 is 0 Å². The van der Waals surface area contributed by atoms with E-state index in [0.717, 1.165) is 0 Å². The van der Waals surface area contributed by atoms with Crippen LogP contribution in [-0.4, -0.2) is 29.0 Å². The van der Waals surface area contributed by atoms with Gasteiger partial charge in [-0.2, -0.15) is 18.3 Å². The summed E-state index contributed by atoms with van der Waals surface area (Å²) >= 11 is 0. The molecule has 0 amide bonds. The number of aromatic nitrogens is 2. The Bertz CT molecular complexity index is 384. The molecule has 7 heteroatoms. The van der Waals surface area contributed by atoms with Crippen LogP contribution < -0.4 is 10.6 Å². The molecule has 0 aliphatic rings. The van der Waals surface area contributed by atoms with Crippen molar-refractivity contribution in [1.82, 2.24) is 9.78 Å². The maximum Gasteiger partial charge on any atom is 0.405 e. The SMILES string of the molecule is CCN(CC(F)(F)F)c1c(CN)c(C)nn1C. The summed E-state index contributed by atoms with van der Waals surface area (Å²) in [6, 6.07) is 0. The van der Waals surface area contributed by atoms with Crippen molar-refractivity contribution in [3.63, 3.8) is 0 Å². The highest BCUT2D eigenvalue weighted by Crippen LogP contribution is 2.26. The zero-order chi connectivity index (χ0) is 13.2. The lowest BCUT2D eigenvalue weighted by atomic mass is 10.2. The quantitative estimate of drug-likeness (QED) is 0.882. The molecule has 0 aliphatic carbocycles. The van der Waals surface area contributed by atoms with Crippen LogP contribution in [0.5, 0.6) is 0 Å². The van der Waals surface area contributed by atoms with Gasteiger partial charge in [-0.25, -0.2) is 0 Å². The molecule has 2 N–H and O–H groups in total. The summed E-state index contributed by atoms with van der Waals surface area (Å²) in [5, 5.41) is 4.11. The number of anilines is 1. The van der Waals surface area contributed by atoms with Crippen LogP contribution in [0.1, 0.15) is 18.2 Å². The van der Waals surface area contributed by atoms with E-state index in [-0.39, 0.29) is 13.1 Å². The summed E-state index contributed by atoms with van der Waals surface area (Å²) in [4.78, 5) is 1.24. The van der Waals surface area contributed by atoms with E-state index < -0.39 is 12.7 Å². The Hall–Kier alpha value is -1.24. The van der Waals surface area contributed by atoms with Crippen LogP contribution in [0.25, 0.3) is 0 Å². The average molecular weight is 250 g/mol. The van der Waals surface area contributed by atoms with Gasteiger partial charge in [-0.05, 0) is 13.8 Å². The molecule has 98 valence electrons. The summed E-state index contributed by atoms with van der Waals surface area (Å²) in [5.41, 5.74) is 6.90. The smallest absolute Gasteiger partial charge is 0.348 e. The molecule has 1 heterocycles. The molecule has 0 aliphatic heterocycles. The monoisotopic (exact) mass is 250 g/mol. The van der Waals surface area contributed by atoms with Gasteiger partial charge in [0.2, 0.25) is 0 Å². The molecule has 1 aromatic heterocycles. The van der Waals surface area contributed by atoms with E-state index in [2.05, 4.69) is 5.10 Å². The molecule has 17 heavy (non-hydrogen) atoms. The lowest BCUT2D eigenvalue weighted by molar-refractivity contribution is -0.119. The predicted molar refractivity (Wildman–Crippen MR) is 59.8 cm³/mol. The number of halogens is 3. The van der Waals surface area contributed by atoms with Gasteiger partial charge in [0.05, 0.1) is 5.69 Å². The fourth-order valence-electron chi connectivity index (χ4n) is 1.88. The normalized spacial score (nSPS) is 11.9. The lowest BCUT2D eigenvalue weighted by Gasteiger charge is -2.25. The van der Waals surface area contributed by atoms with Gasteiger partial charge in [-0.15, -0.1) is 0 Å². The number of nitrogens with two attached hydrogens (primary N) is 1. The van der Waals surface area contributed by atoms with Crippen molar-refractivity contribution in [2.45, 2.75) is 26.6 Å². The first-order valence-corrected chi connectivity index (χ1v) is 5.34. The highest BCUT2D eigenvalue weighted by atomic mass is 19.4. The van der Waals surface area contributed by atoms with Crippen LogP contribution in [0.3, 0.4) is 0 Å². The van der Waals surface area contributed by atoms with Gasteiger partial charge in [-0.1, -0.05) is 0 Å². The Morgan fingerprint density at radius 1 is 1.41 bits per heavy atom. The molecule has 1 aromatic rings. The number of nitrogens with zero attached hydrogens (tertiary/aromatic N) is 3. The number of rotatable bonds is 4. The zero-order valence-electron chi connectivity index (χ0n) is 10.2. The molecule has 1 rings (SSSR count). The van der Waals surface area contributed by atoms with Crippen molar-refractivity contribution >= 4 is 5.82 Å². The van der Waals surface area contributed by atoms with Gasteiger partial charge < -0.3 is 10.6 Å². The minimum absolute atomic E-state index is 0.184.